The van der Waals surface area contributed by atoms with E-state index in [1.807, 2.05) is 14.1 Å². The normalized spacial score (nSPS) is 19.1. The van der Waals surface area contributed by atoms with Crippen LogP contribution < -0.4 is 10.2 Å². The molecule has 0 amide bonds. The maximum absolute atomic E-state index is 13.5. The van der Waals surface area contributed by atoms with Crippen LogP contribution in [0.25, 0.3) is 5.69 Å². The van der Waals surface area contributed by atoms with Crippen molar-refractivity contribution in [3.63, 3.8) is 0 Å². The third-order valence-electron chi connectivity index (χ3n) is 4.58. The summed E-state index contributed by atoms with van der Waals surface area (Å²) >= 11 is 1.51. The zero-order valence-corrected chi connectivity index (χ0v) is 16.5. The highest BCUT2D eigenvalue weighted by atomic mass is 32.2. The van der Waals surface area contributed by atoms with Crippen molar-refractivity contribution >= 4 is 17.4 Å². The second kappa shape index (κ2) is 8.26. The smallest absolute Gasteiger partial charge is 0.217 e. The molecule has 3 aromatic rings. The van der Waals surface area contributed by atoms with E-state index in [9.17, 15) is 4.39 Å². The summed E-state index contributed by atoms with van der Waals surface area (Å²) in [5, 5.41) is 14.6. The van der Waals surface area contributed by atoms with Crippen LogP contribution in [0.5, 0.6) is 0 Å². The Morgan fingerprint density at radius 3 is 2.82 bits per heavy atom. The summed E-state index contributed by atoms with van der Waals surface area (Å²) in [5.74, 6) is 0.402. The van der Waals surface area contributed by atoms with Gasteiger partial charge >= 0.3 is 0 Å². The fourth-order valence-electron chi connectivity index (χ4n) is 3.08. The predicted molar refractivity (Wildman–Crippen MR) is 105 cm³/mol. The number of hydrogen-bond donors (Lipinski definition) is 1. The summed E-state index contributed by atoms with van der Waals surface area (Å²) in [7, 11) is 4.05. The van der Waals surface area contributed by atoms with Gasteiger partial charge in [-0.2, -0.15) is 4.68 Å². The fraction of sp³-hybridized carbons (Fsp3) is 0.316. The minimum Gasteiger partial charge on any atom is -0.378 e. The first-order valence-electron chi connectivity index (χ1n) is 9.03. The molecule has 0 bridgehead atoms. The van der Waals surface area contributed by atoms with Gasteiger partial charge in [-0.25, -0.2) is 4.39 Å². The van der Waals surface area contributed by atoms with Crippen LogP contribution in [0, 0.1) is 5.82 Å². The zero-order chi connectivity index (χ0) is 19.5. The van der Waals surface area contributed by atoms with Gasteiger partial charge in [-0.05, 0) is 52.9 Å². The summed E-state index contributed by atoms with van der Waals surface area (Å²) in [5.41, 5.74) is 2.92. The average Bonchev–Trinajstić information content (AvgIpc) is 3.36. The van der Waals surface area contributed by atoms with Gasteiger partial charge in [-0.3, -0.25) is 0 Å². The molecule has 2 aromatic carbocycles. The molecule has 0 aliphatic carbocycles. The first-order valence-corrected chi connectivity index (χ1v) is 10.0. The van der Waals surface area contributed by atoms with Gasteiger partial charge in [0.1, 0.15) is 18.5 Å². The Morgan fingerprint density at radius 1 is 1.25 bits per heavy atom. The summed E-state index contributed by atoms with van der Waals surface area (Å²) in [6, 6.07) is 14.6. The number of hydrogen-bond acceptors (Lipinski definition) is 6. The van der Waals surface area contributed by atoms with Crippen molar-refractivity contribution in [3.8, 4) is 5.69 Å². The van der Waals surface area contributed by atoms with Gasteiger partial charge in [0.05, 0.1) is 5.69 Å². The standard InChI is InChI=1S/C19H21FN6OS/c1-25(2)15-8-6-13(7-9-15)18-21-11-17(27-18)12-28-19-22-23-24-26(19)16-5-3-4-14(20)10-16/h3-10,17-18,21H,11-12H2,1-2H3/p+1/t17-,18+/m1/s1. The Morgan fingerprint density at radius 2 is 2.07 bits per heavy atom. The molecular weight excluding hydrogens is 379 g/mol. The lowest BCUT2D eigenvalue weighted by Gasteiger charge is -2.14. The quantitative estimate of drug-likeness (QED) is 0.633. The molecule has 1 aliphatic heterocycles. The molecule has 7 nitrogen and oxygen atoms in total. The van der Waals surface area contributed by atoms with Crippen LogP contribution in [0.3, 0.4) is 0 Å². The first-order chi connectivity index (χ1) is 13.6. The van der Waals surface area contributed by atoms with Gasteiger partial charge in [0.15, 0.2) is 0 Å². The van der Waals surface area contributed by atoms with Gasteiger partial charge < -0.3 is 15.0 Å². The minimum absolute atomic E-state index is 0.000950. The number of tetrazole rings is 1. The van der Waals surface area contributed by atoms with E-state index in [4.69, 9.17) is 4.74 Å². The van der Waals surface area contributed by atoms with Crippen LogP contribution >= 0.6 is 11.8 Å². The van der Waals surface area contributed by atoms with Crippen molar-refractivity contribution in [2.75, 3.05) is 31.3 Å². The molecule has 1 aromatic heterocycles. The Labute approximate surface area is 166 Å². The van der Waals surface area contributed by atoms with Gasteiger partial charge in [0, 0.05) is 31.1 Å². The molecule has 146 valence electrons. The van der Waals surface area contributed by atoms with E-state index in [1.54, 1.807) is 16.8 Å². The number of quaternary nitrogens is 1. The lowest BCUT2D eigenvalue weighted by Crippen LogP contribution is -2.82. The van der Waals surface area contributed by atoms with E-state index in [2.05, 4.69) is 50.0 Å². The molecule has 0 unspecified atom stereocenters. The molecule has 2 heterocycles. The van der Waals surface area contributed by atoms with Crippen molar-refractivity contribution in [3.05, 3.63) is 59.9 Å². The second-order valence-corrected chi connectivity index (χ2v) is 7.79. The maximum Gasteiger partial charge on any atom is 0.217 e. The van der Waals surface area contributed by atoms with E-state index in [1.165, 1.54) is 23.9 Å². The van der Waals surface area contributed by atoms with Crippen LogP contribution in [-0.4, -0.2) is 52.7 Å². The zero-order valence-electron chi connectivity index (χ0n) is 15.7. The number of halogens is 1. The van der Waals surface area contributed by atoms with Gasteiger partial charge in [-0.15, -0.1) is 5.10 Å². The Kier molecular flexibility index (Phi) is 5.56. The monoisotopic (exact) mass is 401 g/mol. The molecule has 9 heteroatoms. The third-order valence-corrected chi connectivity index (χ3v) is 5.63. The minimum atomic E-state index is -0.319. The van der Waals surface area contributed by atoms with Crippen LogP contribution in [0.2, 0.25) is 0 Å². The number of ether oxygens (including phenoxy) is 1. The number of aromatic nitrogens is 4. The molecule has 28 heavy (non-hydrogen) atoms. The highest BCUT2D eigenvalue weighted by Gasteiger charge is 2.30. The Bertz CT molecular complexity index is 932. The topological polar surface area (TPSA) is 72.7 Å². The van der Waals surface area contributed by atoms with Crippen LogP contribution in [0.15, 0.2) is 53.7 Å². The summed E-state index contributed by atoms with van der Waals surface area (Å²) in [6.45, 7) is 0.870. The van der Waals surface area contributed by atoms with Crippen molar-refractivity contribution in [2.45, 2.75) is 17.5 Å². The molecule has 4 rings (SSSR count). The van der Waals surface area contributed by atoms with E-state index in [0.29, 0.717) is 10.8 Å². The molecule has 0 radical (unpaired) electrons. The molecule has 1 aliphatic rings. The highest BCUT2D eigenvalue weighted by Crippen LogP contribution is 2.24. The first kappa shape index (κ1) is 18.9. The number of nitrogens with zero attached hydrogens (tertiary/aromatic N) is 5. The van der Waals surface area contributed by atoms with Crippen LogP contribution in [0.4, 0.5) is 10.1 Å². The molecule has 2 atom stereocenters. The van der Waals surface area contributed by atoms with Crippen molar-refractivity contribution in [1.29, 1.82) is 0 Å². The molecule has 0 saturated carbocycles. The van der Waals surface area contributed by atoms with E-state index >= 15 is 0 Å². The van der Waals surface area contributed by atoms with E-state index < -0.39 is 0 Å². The number of thioether (sulfide) groups is 1. The lowest BCUT2D eigenvalue weighted by molar-refractivity contribution is -0.697. The number of nitrogens with two attached hydrogens (primary N) is 1. The number of rotatable bonds is 6. The Hall–Kier alpha value is -2.49. The van der Waals surface area contributed by atoms with Gasteiger partial charge in [-0.1, -0.05) is 17.8 Å². The van der Waals surface area contributed by atoms with Gasteiger partial charge in [0.25, 0.3) is 0 Å². The van der Waals surface area contributed by atoms with Crippen LogP contribution in [-0.2, 0) is 4.74 Å². The highest BCUT2D eigenvalue weighted by molar-refractivity contribution is 7.99. The van der Waals surface area contributed by atoms with Gasteiger partial charge in [0.2, 0.25) is 11.4 Å². The molecule has 2 N–H and O–H groups in total. The number of anilines is 1. The summed E-state index contributed by atoms with van der Waals surface area (Å²) in [6.07, 6.45) is 0.0854. The number of benzene rings is 2. The maximum atomic E-state index is 13.5. The molecule has 1 fully saturated rings. The largest absolute Gasteiger partial charge is 0.378 e. The van der Waals surface area contributed by atoms with Crippen molar-refractivity contribution < 1.29 is 14.4 Å². The Balaban J connectivity index is 1.36. The summed E-state index contributed by atoms with van der Waals surface area (Å²) in [4.78, 5) is 2.07. The average molecular weight is 401 g/mol. The molecule has 0 spiro atoms. The predicted octanol–water partition coefficient (Wildman–Crippen LogP) is 1.62. The molecule has 1 saturated heterocycles. The second-order valence-electron chi connectivity index (χ2n) is 6.80. The fourth-order valence-corrected chi connectivity index (χ4v) is 3.99. The van der Waals surface area contributed by atoms with E-state index in [-0.39, 0.29) is 18.1 Å². The lowest BCUT2D eigenvalue weighted by atomic mass is 10.2. The van der Waals surface area contributed by atoms with Crippen molar-refractivity contribution in [2.24, 2.45) is 0 Å². The van der Waals surface area contributed by atoms with Crippen molar-refractivity contribution in [1.82, 2.24) is 20.2 Å². The SMILES string of the molecule is CN(C)c1ccc([C@H]2[NH2+]C[C@H](CSc3nnnn3-c3cccc(F)c3)O2)cc1. The van der Waals surface area contributed by atoms with Crippen LogP contribution in [0.1, 0.15) is 11.8 Å². The van der Waals surface area contributed by atoms with E-state index in [0.717, 1.165) is 23.5 Å². The third kappa shape index (κ3) is 4.16. The molecular formula is C19H22FN6OS+. The summed E-state index contributed by atoms with van der Waals surface area (Å²) < 4.78 is 21.2.